The van der Waals surface area contributed by atoms with E-state index in [1.54, 1.807) is 37.3 Å². The molecule has 0 bridgehead atoms. The Morgan fingerprint density at radius 2 is 1.81 bits per heavy atom. The van der Waals surface area contributed by atoms with Crippen molar-refractivity contribution >= 4 is 37.6 Å². The van der Waals surface area contributed by atoms with Crippen LogP contribution >= 0.6 is 15.9 Å². The van der Waals surface area contributed by atoms with Gasteiger partial charge in [-0.1, -0.05) is 24.3 Å². The summed E-state index contributed by atoms with van der Waals surface area (Å²) in [6.45, 7) is 1.64. The molecule has 0 amide bonds. The standard InChI is InChI=1S/C14H12BrNO4S/c1-9-5-4-6-10(14(17)18)13(9)16-21(19,20)12-8-3-2-7-11(12)15/h2-8,16H,1H3,(H,17,18). The first-order valence-electron chi connectivity index (χ1n) is 5.93. The number of benzene rings is 2. The Hall–Kier alpha value is -1.86. The van der Waals surface area contributed by atoms with Gasteiger partial charge in [0.25, 0.3) is 10.0 Å². The Kier molecular flexibility index (Phi) is 4.34. The highest BCUT2D eigenvalue weighted by atomic mass is 79.9. The molecule has 0 saturated carbocycles. The molecule has 0 aromatic heterocycles. The summed E-state index contributed by atoms with van der Waals surface area (Å²) in [7, 11) is -3.88. The molecule has 0 atom stereocenters. The number of para-hydroxylation sites is 1. The van der Waals surface area contributed by atoms with E-state index in [4.69, 9.17) is 5.11 Å². The fourth-order valence-corrected chi connectivity index (χ4v) is 3.99. The summed E-state index contributed by atoms with van der Waals surface area (Å²) in [4.78, 5) is 11.3. The third kappa shape index (κ3) is 3.25. The molecular weight excluding hydrogens is 358 g/mol. The molecule has 2 aromatic rings. The molecular formula is C14H12BrNO4S. The number of hydrogen-bond donors (Lipinski definition) is 2. The van der Waals surface area contributed by atoms with Gasteiger partial charge in [0.1, 0.15) is 4.90 Å². The first-order valence-corrected chi connectivity index (χ1v) is 8.21. The average molecular weight is 370 g/mol. The minimum atomic E-state index is -3.88. The van der Waals surface area contributed by atoms with Gasteiger partial charge in [-0.3, -0.25) is 4.72 Å². The van der Waals surface area contributed by atoms with Crippen LogP contribution in [0.2, 0.25) is 0 Å². The van der Waals surface area contributed by atoms with Gasteiger partial charge in [-0.15, -0.1) is 0 Å². The van der Waals surface area contributed by atoms with Gasteiger partial charge in [-0.2, -0.15) is 0 Å². The van der Waals surface area contributed by atoms with Gasteiger partial charge in [0.15, 0.2) is 0 Å². The number of carboxylic acid groups (broad SMARTS) is 1. The number of halogens is 1. The van der Waals surface area contributed by atoms with Crippen LogP contribution in [0.25, 0.3) is 0 Å². The Bertz CT molecular complexity index is 802. The van der Waals surface area contributed by atoms with Crippen molar-refractivity contribution in [2.75, 3.05) is 4.72 Å². The van der Waals surface area contributed by atoms with Crippen LogP contribution in [0.3, 0.4) is 0 Å². The molecule has 0 fully saturated rings. The van der Waals surface area contributed by atoms with Crippen LogP contribution in [0.5, 0.6) is 0 Å². The SMILES string of the molecule is Cc1cccc(C(=O)O)c1NS(=O)(=O)c1ccccc1Br. The lowest BCUT2D eigenvalue weighted by molar-refractivity contribution is 0.0698. The van der Waals surface area contributed by atoms with E-state index in [1.807, 2.05) is 0 Å². The molecule has 5 nitrogen and oxygen atoms in total. The fraction of sp³-hybridized carbons (Fsp3) is 0.0714. The number of hydrogen-bond acceptors (Lipinski definition) is 3. The van der Waals surface area contributed by atoms with E-state index in [-0.39, 0.29) is 16.1 Å². The van der Waals surface area contributed by atoms with Crippen LogP contribution in [0.4, 0.5) is 5.69 Å². The van der Waals surface area contributed by atoms with Gasteiger partial charge >= 0.3 is 5.97 Å². The molecule has 0 spiro atoms. The second-order valence-corrected chi connectivity index (χ2v) is 6.84. The van der Waals surface area contributed by atoms with E-state index in [9.17, 15) is 13.2 Å². The molecule has 0 unspecified atom stereocenters. The van der Waals surface area contributed by atoms with Crippen molar-refractivity contribution in [1.82, 2.24) is 0 Å². The van der Waals surface area contributed by atoms with Crippen LogP contribution in [0, 0.1) is 6.92 Å². The van der Waals surface area contributed by atoms with Crippen LogP contribution in [-0.4, -0.2) is 19.5 Å². The number of carboxylic acids is 1. The van der Waals surface area contributed by atoms with Crippen LogP contribution in [-0.2, 0) is 10.0 Å². The number of sulfonamides is 1. The van der Waals surface area contributed by atoms with E-state index < -0.39 is 16.0 Å². The summed E-state index contributed by atoms with van der Waals surface area (Å²) in [6, 6.07) is 10.9. The van der Waals surface area contributed by atoms with Crippen molar-refractivity contribution in [2.45, 2.75) is 11.8 Å². The quantitative estimate of drug-likeness (QED) is 0.866. The topological polar surface area (TPSA) is 83.5 Å². The Morgan fingerprint density at radius 3 is 2.43 bits per heavy atom. The molecule has 21 heavy (non-hydrogen) atoms. The molecule has 2 aromatic carbocycles. The van der Waals surface area contributed by atoms with E-state index in [1.165, 1.54) is 12.1 Å². The van der Waals surface area contributed by atoms with Gasteiger partial charge in [0.2, 0.25) is 0 Å². The number of rotatable bonds is 4. The highest BCUT2D eigenvalue weighted by Crippen LogP contribution is 2.27. The summed E-state index contributed by atoms with van der Waals surface area (Å²) >= 11 is 3.18. The smallest absolute Gasteiger partial charge is 0.337 e. The Balaban J connectivity index is 2.52. The normalized spacial score (nSPS) is 11.1. The number of nitrogens with one attached hydrogen (secondary N) is 1. The third-order valence-electron chi connectivity index (χ3n) is 2.87. The average Bonchev–Trinajstić information content (AvgIpc) is 2.41. The van der Waals surface area contributed by atoms with Crippen molar-refractivity contribution in [3.63, 3.8) is 0 Å². The molecule has 2 rings (SSSR count). The van der Waals surface area contributed by atoms with Gasteiger partial charge < -0.3 is 5.11 Å². The minimum Gasteiger partial charge on any atom is -0.478 e. The third-order valence-corrected chi connectivity index (χ3v) is 5.23. The molecule has 110 valence electrons. The van der Waals surface area contributed by atoms with E-state index in [2.05, 4.69) is 20.7 Å². The highest BCUT2D eigenvalue weighted by molar-refractivity contribution is 9.10. The Morgan fingerprint density at radius 1 is 1.14 bits per heavy atom. The number of aromatic carboxylic acids is 1. The first kappa shape index (κ1) is 15.5. The zero-order chi connectivity index (χ0) is 15.6. The minimum absolute atomic E-state index is 0.0459. The van der Waals surface area contributed by atoms with Crippen LogP contribution in [0.15, 0.2) is 51.8 Å². The fourth-order valence-electron chi connectivity index (χ4n) is 1.83. The largest absolute Gasteiger partial charge is 0.478 e. The van der Waals surface area contributed by atoms with Gasteiger partial charge in [0.05, 0.1) is 11.3 Å². The first-order chi connectivity index (χ1) is 9.83. The van der Waals surface area contributed by atoms with Gasteiger partial charge in [0, 0.05) is 4.47 Å². The molecule has 0 heterocycles. The maximum Gasteiger partial charge on any atom is 0.337 e. The maximum atomic E-state index is 12.4. The van der Waals surface area contributed by atoms with Crippen LogP contribution in [0.1, 0.15) is 15.9 Å². The lowest BCUT2D eigenvalue weighted by Crippen LogP contribution is -2.17. The summed E-state index contributed by atoms with van der Waals surface area (Å²) in [6.07, 6.45) is 0. The van der Waals surface area contributed by atoms with E-state index >= 15 is 0 Å². The zero-order valence-electron chi connectivity index (χ0n) is 11.0. The molecule has 0 radical (unpaired) electrons. The lowest BCUT2D eigenvalue weighted by atomic mass is 10.1. The van der Waals surface area contributed by atoms with Crippen molar-refractivity contribution < 1.29 is 18.3 Å². The Labute approximate surface area is 130 Å². The number of anilines is 1. The molecule has 2 N–H and O–H groups in total. The number of carbonyl (C=O) groups is 1. The molecule has 0 aliphatic heterocycles. The van der Waals surface area contributed by atoms with Crippen molar-refractivity contribution in [2.24, 2.45) is 0 Å². The summed E-state index contributed by atoms with van der Waals surface area (Å²) in [5.41, 5.74) is 0.511. The van der Waals surface area contributed by atoms with Crippen molar-refractivity contribution in [1.29, 1.82) is 0 Å². The van der Waals surface area contributed by atoms with E-state index in [0.29, 0.717) is 10.0 Å². The predicted molar refractivity (Wildman–Crippen MR) is 83.1 cm³/mol. The van der Waals surface area contributed by atoms with Crippen LogP contribution < -0.4 is 4.72 Å². The second kappa shape index (κ2) is 5.87. The lowest BCUT2D eigenvalue weighted by Gasteiger charge is -2.13. The summed E-state index contributed by atoms with van der Waals surface area (Å²) in [5.74, 6) is -1.19. The summed E-state index contributed by atoms with van der Waals surface area (Å²) in [5, 5.41) is 9.17. The monoisotopic (exact) mass is 369 g/mol. The molecule has 0 saturated heterocycles. The van der Waals surface area contributed by atoms with Crippen molar-refractivity contribution in [3.8, 4) is 0 Å². The highest BCUT2D eigenvalue weighted by Gasteiger charge is 2.21. The van der Waals surface area contributed by atoms with E-state index in [0.717, 1.165) is 0 Å². The predicted octanol–water partition coefficient (Wildman–Crippen LogP) is 3.26. The zero-order valence-corrected chi connectivity index (χ0v) is 13.4. The number of aryl methyl sites for hydroxylation is 1. The maximum absolute atomic E-state index is 12.4. The van der Waals surface area contributed by atoms with Gasteiger partial charge in [-0.25, -0.2) is 13.2 Å². The molecule has 7 heteroatoms. The second-order valence-electron chi connectivity index (χ2n) is 4.34. The molecule has 0 aliphatic carbocycles. The molecule has 0 aliphatic rings. The van der Waals surface area contributed by atoms with Crippen molar-refractivity contribution in [3.05, 3.63) is 58.1 Å². The summed E-state index contributed by atoms with van der Waals surface area (Å²) < 4.78 is 27.6. The van der Waals surface area contributed by atoms with Gasteiger partial charge in [-0.05, 0) is 46.6 Å².